The number of nitrogens with one attached hydrogen (secondary N) is 1. The van der Waals surface area contributed by atoms with Crippen molar-refractivity contribution in [2.45, 2.75) is 6.61 Å². The minimum Gasteiger partial charge on any atom is -0.473 e. The molecular weight excluding hydrogens is 202 g/mol. The number of aromatic amines is 1. The van der Waals surface area contributed by atoms with Crippen LogP contribution in [0.3, 0.4) is 0 Å². The zero-order chi connectivity index (χ0) is 10.7. The molecule has 2 aromatic rings. The van der Waals surface area contributed by atoms with Gasteiger partial charge in [-0.25, -0.2) is 13.9 Å². The third kappa shape index (κ3) is 2.31. The average Bonchev–Trinajstić information content (AvgIpc) is 2.72. The van der Waals surface area contributed by atoms with E-state index in [1.54, 1.807) is 6.07 Å². The Kier molecular flexibility index (Phi) is 2.62. The van der Waals surface area contributed by atoms with E-state index >= 15 is 0 Å². The molecule has 0 amide bonds. The Hall–Kier alpha value is -1.91. The van der Waals surface area contributed by atoms with Crippen LogP contribution in [0.4, 0.5) is 8.78 Å². The van der Waals surface area contributed by atoms with Crippen molar-refractivity contribution < 1.29 is 13.5 Å². The van der Waals surface area contributed by atoms with E-state index in [1.165, 1.54) is 6.20 Å². The minimum atomic E-state index is -0.490. The molecule has 0 saturated carbocycles. The molecule has 15 heavy (non-hydrogen) atoms. The van der Waals surface area contributed by atoms with Crippen molar-refractivity contribution >= 4 is 0 Å². The molecule has 0 aliphatic carbocycles. The van der Waals surface area contributed by atoms with Crippen molar-refractivity contribution in [1.29, 1.82) is 0 Å². The maximum absolute atomic E-state index is 13.1. The Morgan fingerprint density at radius 2 is 2.13 bits per heavy atom. The predicted molar refractivity (Wildman–Crippen MR) is 49.3 cm³/mol. The molecular formula is C10H8F2N2O. The number of hydrogen-bond acceptors (Lipinski definition) is 2. The lowest BCUT2D eigenvalue weighted by molar-refractivity contribution is 0.287. The summed E-state index contributed by atoms with van der Waals surface area (Å²) >= 11 is 0. The van der Waals surface area contributed by atoms with Gasteiger partial charge >= 0.3 is 0 Å². The molecule has 0 bridgehead atoms. The molecule has 1 aromatic carbocycles. The average molecular weight is 210 g/mol. The smallest absolute Gasteiger partial charge is 0.209 e. The lowest BCUT2D eigenvalue weighted by Gasteiger charge is -2.04. The van der Waals surface area contributed by atoms with Crippen LogP contribution >= 0.6 is 0 Å². The summed E-state index contributed by atoms with van der Waals surface area (Å²) in [5.41, 5.74) is 0.171. The van der Waals surface area contributed by atoms with Gasteiger partial charge in [0.15, 0.2) is 0 Å². The van der Waals surface area contributed by atoms with Gasteiger partial charge in [0.1, 0.15) is 18.2 Å². The van der Waals surface area contributed by atoms with Crippen LogP contribution < -0.4 is 4.74 Å². The molecule has 0 saturated heterocycles. The van der Waals surface area contributed by atoms with Gasteiger partial charge in [0.05, 0.1) is 6.20 Å². The van der Waals surface area contributed by atoms with Gasteiger partial charge in [0.2, 0.25) is 5.88 Å². The van der Waals surface area contributed by atoms with E-state index in [-0.39, 0.29) is 12.2 Å². The molecule has 0 spiro atoms. The van der Waals surface area contributed by atoms with E-state index in [2.05, 4.69) is 10.2 Å². The number of ether oxygens (including phenoxy) is 1. The first kappa shape index (κ1) is 9.64. The van der Waals surface area contributed by atoms with Crippen molar-refractivity contribution in [1.82, 2.24) is 10.2 Å². The van der Waals surface area contributed by atoms with Crippen LogP contribution in [0, 0.1) is 11.6 Å². The number of halogens is 2. The topological polar surface area (TPSA) is 37.9 Å². The highest BCUT2D eigenvalue weighted by molar-refractivity contribution is 5.18. The Bertz CT molecular complexity index is 443. The molecule has 1 N–H and O–H groups in total. The van der Waals surface area contributed by atoms with E-state index in [0.717, 1.165) is 18.2 Å². The Morgan fingerprint density at radius 3 is 2.87 bits per heavy atom. The summed E-state index contributed by atoms with van der Waals surface area (Å²) in [6.07, 6.45) is 1.51. The van der Waals surface area contributed by atoms with E-state index < -0.39 is 11.6 Å². The zero-order valence-corrected chi connectivity index (χ0v) is 7.71. The number of benzene rings is 1. The van der Waals surface area contributed by atoms with Gasteiger partial charge in [-0.3, -0.25) is 0 Å². The highest BCUT2D eigenvalue weighted by atomic mass is 19.1. The Morgan fingerprint density at radius 1 is 1.27 bits per heavy atom. The summed E-state index contributed by atoms with van der Waals surface area (Å²) in [6.45, 7) is -0.0359. The maximum atomic E-state index is 13.1. The SMILES string of the molecule is Fc1ccc(F)c(COc2ccn[nH]2)c1. The standard InChI is InChI=1S/C10H8F2N2O/c11-8-1-2-9(12)7(5-8)6-15-10-3-4-13-14-10/h1-5H,6H2,(H,13,14). The summed E-state index contributed by atoms with van der Waals surface area (Å²) in [4.78, 5) is 0. The van der Waals surface area contributed by atoms with Gasteiger partial charge in [0, 0.05) is 11.6 Å². The molecule has 3 nitrogen and oxygen atoms in total. The van der Waals surface area contributed by atoms with E-state index in [1.807, 2.05) is 0 Å². The van der Waals surface area contributed by atoms with Gasteiger partial charge in [-0.2, -0.15) is 5.10 Å². The minimum absolute atomic E-state index is 0.0359. The van der Waals surface area contributed by atoms with Gasteiger partial charge in [-0.1, -0.05) is 0 Å². The van der Waals surface area contributed by atoms with Crippen molar-refractivity contribution in [3.63, 3.8) is 0 Å². The van der Waals surface area contributed by atoms with Crippen LogP contribution in [0.5, 0.6) is 5.88 Å². The third-order valence-electron chi connectivity index (χ3n) is 1.87. The normalized spacial score (nSPS) is 10.3. The summed E-state index contributed by atoms with van der Waals surface area (Å²) in [6, 6.07) is 4.83. The van der Waals surface area contributed by atoms with Crippen LogP contribution in [0.2, 0.25) is 0 Å². The van der Waals surface area contributed by atoms with Crippen LogP contribution in [0.25, 0.3) is 0 Å². The lowest BCUT2D eigenvalue weighted by Crippen LogP contribution is -1.99. The molecule has 0 radical (unpaired) electrons. The number of hydrogen-bond donors (Lipinski definition) is 1. The van der Waals surface area contributed by atoms with Gasteiger partial charge in [-0.05, 0) is 18.2 Å². The molecule has 0 aliphatic heterocycles. The lowest BCUT2D eigenvalue weighted by atomic mass is 10.2. The largest absolute Gasteiger partial charge is 0.473 e. The van der Waals surface area contributed by atoms with Gasteiger partial charge in [-0.15, -0.1) is 0 Å². The number of H-pyrrole nitrogens is 1. The molecule has 78 valence electrons. The second-order valence-electron chi connectivity index (χ2n) is 2.95. The molecule has 0 unspecified atom stereocenters. The zero-order valence-electron chi connectivity index (χ0n) is 7.71. The van der Waals surface area contributed by atoms with E-state index in [0.29, 0.717) is 5.88 Å². The third-order valence-corrected chi connectivity index (χ3v) is 1.87. The second-order valence-corrected chi connectivity index (χ2v) is 2.95. The fourth-order valence-electron chi connectivity index (χ4n) is 1.13. The number of rotatable bonds is 3. The summed E-state index contributed by atoms with van der Waals surface area (Å²) < 4.78 is 31.0. The van der Waals surface area contributed by atoms with Crippen LogP contribution in [-0.4, -0.2) is 10.2 Å². The molecule has 0 fully saturated rings. The Balaban J connectivity index is 2.07. The first-order valence-electron chi connectivity index (χ1n) is 4.32. The van der Waals surface area contributed by atoms with Crippen molar-refractivity contribution in [3.8, 4) is 5.88 Å². The van der Waals surface area contributed by atoms with E-state index in [9.17, 15) is 8.78 Å². The Labute approximate surface area is 84.7 Å². The summed E-state index contributed by atoms with van der Waals surface area (Å²) in [7, 11) is 0. The maximum Gasteiger partial charge on any atom is 0.209 e. The van der Waals surface area contributed by atoms with Crippen LogP contribution in [0.15, 0.2) is 30.5 Å². The monoisotopic (exact) mass is 210 g/mol. The van der Waals surface area contributed by atoms with Gasteiger partial charge < -0.3 is 4.74 Å². The molecule has 1 heterocycles. The summed E-state index contributed by atoms with van der Waals surface area (Å²) in [5, 5.41) is 6.21. The number of nitrogens with zero attached hydrogens (tertiary/aromatic N) is 1. The highest BCUT2D eigenvalue weighted by Gasteiger charge is 2.04. The molecule has 2 rings (SSSR count). The van der Waals surface area contributed by atoms with Crippen molar-refractivity contribution in [2.75, 3.05) is 0 Å². The van der Waals surface area contributed by atoms with Crippen molar-refractivity contribution in [2.24, 2.45) is 0 Å². The first-order chi connectivity index (χ1) is 7.25. The number of aromatic nitrogens is 2. The quantitative estimate of drug-likeness (QED) is 0.843. The van der Waals surface area contributed by atoms with Crippen LogP contribution in [0.1, 0.15) is 5.56 Å². The molecule has 0 aliphatic rings. The van der Waals surface area contributed by atoms with Crippen molar-refractivity contribution in [3.05, 3.63) is 47.7 Å². The predicted octanol–water partition coefficient (Wildman–Crippen LogP) is 2.27. The fraction of sp³-hybridized carbons (Fsp3) is 0.100. The fourth-order valence-corrected chi connectivity index (χ4v) is 1.13. The van der Waals surface area contributed by atoms with Crippen LogP contribution in [-0.2, 0) is 6.61 Å². The summed E-state index contributed by atoms with van der Waals surface area (Å²) in [5.74, 6) is -0.561. The molecule has 5 heteroatoms. The van der Waals surface area contributed by atoms with Gasteiger partial charge in [0.25, 0.3) is 0 Å². The molecule has 0 atom stereocenters. The highest BCUT2D eigenvalue weighted by Crippen LogP contribution is 2.12. The first-order valence-corrected chi connectivity index (χ1v) is 4.32. The second kappa shape index (κ2) is 4.08. The van der Waals surface area contributed by atoms with E-state index in [4.69, 9.17) is 4.74 Å². The molecule has 1 aromatic heterocycles.